The van der Waals surface area contributed by atoms with E-state index >= 15 is 0 Å². The van der Waals surface area contributed by atoms with E-state index in [0.717, 1.165) is 15.8 Å². The van der Waals surface area contributed by atoms with Crippen molar-refractivity contribution in [1.29, 1.82) is 0 Å². The summed E-state index contributed by atoms with van der Waals surface area (Å²) in [7, 11) is 0. The number of halogens is 1. The van der Waals surface area contributed by atoms with Crippen LogP contribution in [-0.4, -0.2) is 47.4 Å². The van der Waals surface area contributed by atoms with Crippen molar-refractivity contribution in [2.75, 3.05) is 19.7 Å². The lowest BCUT2D eigenvalue weighted by Gasteiger charge is -2.39. The molecule has 2 aliphatic heterocycles. The molecule has 0 bridgehead atoms. The predicted octanol–water partition coefficient (Wildman–Crippen LogP) is 2.98. The van der Waals surface area contributed by atoms with E-state index in [1.165, 1.54) is 12.1 Å². The van der Waals surface area contributed by atoms with Gasteiger partial charge in [0.15, 0.2) is 5.78 Å². The third-order valence-corrected chi connectivity index (χ3v) is 5.98. The molecule has 1 aromatic heterocycles. The molecule has 0 atom stereocenters. The van der Waals surface area contributed by atoms with Gasteiger partial charge in [-0.1, -0.05) is 6.07 Å². The molecule has 0 unspecified atom stereocenters. The van der Waals surface area contributed by atoms with Gasteiger partial charge in [0.1, 0.15) is 18.2 Å². The number of nitrogens with zero attached hydrogens (tertiary/aromatic N) is 2. The Hall–Kier alpha value is -2.84. The molecular formula is C21H17FN2O4S. The molecule has 3 aromatic rings. The zero-order valence-electron chi connectivity index (χ0n) is 15.4. The van der Waals surface area contributed by atoms with Crippen molar-refractivity contribution in [3.63, 3.8) is 0 Å². The summed E-state index contributed by atoms with van der Waals surface area (Å²) >= 11 is 1.59. The van der Waals surface area contributed by atoms with Gasteiger partial charge in [0, 0.05) is 31.1 Å². The van der Waals surface area contributed by atoms with Crippen LogP contribution >= 0.6 is 11.3 Å². The first-order chi connectivity index (χ1) is 14.1. The molecule has 1 fully saturated rings. The lowest BCUT2D eigenvalue weighted by Crippen LogP contribution is -2.54. The number of carbonyl (C=O) groups excluding carboxylic acids is 2. The molecule has 148 valence electrons. The first-order valence-electron chi connectivity index (χ1n) is 9.27. The molecule has 5 rings (SSSR count). The van der Waals surface area contributed by atoms with Crippen molar-refractivity contribution in [2.45, 2.75) is 19.1 Å². The lowest BCUT2D eigenvalue weighted by molar-refractivity contribution is -0.121. The van der Waals surface area contributed by atoms with E-state index in [0.29, 0.717) is 31.0 Å². The van der Waals surface area contributed by atoms with Crippen LogP contribution in [0, 0.1) is 5.82 Å². The molecule has 6 nitrogen and oxygen atoms in total. The number of rotatable bonds is 4. The summed E-state index contributed by atoms with van der Waals surface area (Å²) in [5, 5.41) is 0. The second-order valence-corrected chi connectivity index (χ2v) is 8.13. The van der Waals surface area contributed by atoms with Crippen LogP contribution in [0.5, 0.6) is 5.75 Å². The first-order valence-corrected chi connectivity index (χ1v) is 10.1. The average molecular weight is 412 g/mol. The third-order valence-electron chi connectivity index (χ3n) is 5.17. The summed E-state index contributed by atoms with van der Waals surface area (Å²) in [5.41, 5.74) is 4.31. The third kappa shape index (κ3) is 3.49. The van der Waals surface area contributed by atoms with E-state index in [4.69, 9.17) is 9.47 Å². The zero-order chi connectivity index (χ0) is 20.0. The van der Waals surface area contributed by atoms with Crippen molar-refractivity contribution >= 4 is 33.2 Å². The highest BCUT2D eigenvalue weighted by molar-refractivity contribution is 7.16. The number of likely N-dealkylation sites (tertiary alicyclic amines) is 1. The number of aromatic nitrogens is 1. The average Bonchev–Trinajstić information content (AvgIpc) is 3.14. The summed E-state index contributed by atoms with van der Waals surface area (Å²) in [4.78, 5) is 30.0. The molecule has 0 aliphatic carbocycles. The molecule has 0 radical (unpaired) electrons. The van der Waals surface area contributed by atoms with E-state index in [1.807, 2.05) is 23.7 Å². The maximum Gasteiger partial charge on any atom is 0.257 e. The van der Waals surface area contributed by atoms with E-state index in [-0.39, 0.29) is 30.5 Å². The van der Waals surface area contributed by atoms with Crippen molar-refractivity contribution in [3.05, 3.63) is 58.3 Å². The summed E-state index contributed by atoms with van der Waals surface area (Å²) in [5.74, 6) is -0.785. The van der Waals surface area contributed by atoms with Gasteiger partial charge in [-0.05, 0) is 23.8 Å². The van der Waals surface area contributed by atoms with Gasteiger partial charge in [-0.2, -0.15) is 0 Å². The van der Waals surface area contributed by atoms with Crippen molar-refractivity contribution in [3.8, 4) is 5.75 Å². The number of ketones is 1. The number of fused-ring (bicyclic) bond motifs is 2. The fraction of sp³-hybridized carbons (Fsp3) is 0.286. The van der Waals surface area contributed by atoms with Crippen LogP contribution in [-0.2, 0) is 22.6 Å². The fourth-order valence-corrected chi connectivity index (χ4v) is 4.20. The van der Waals surface area contributed by atoms with Gasteiger partial charge in [0.05, 0.1) is 34.0 Å². The van der Waals surface area contributed by atoms with Gasteiger partial charge < -0.3 is 14.4 Å². The summed E-state index contributed by atoms with van der Waals surface area (Å²) in [6.07, 6.45) is 0.0704. The highest BCUT2D eigenvalue weighted by atomic mass is 32.1. The van der Waals surface area contributed by atoms with Gasteiger partial charge in [0.2, 0.25) is 0 Å². The number of ether oxygens (including phenoxy) is 2. The predicted molar refractivity (Wildman–Crippen MR) is 105 cm³/mol. The lowest BCUT2D eigenvalue weighted by atomic mass is 10.0. The monoisotopic (exact) mass is 412 g/mol. The molecule has 1 saturated heterocycles. The number of Topliss-reactive ketones (excluding diaryl/α,β-unsaturated/α-hetero) is 1. The normalized spacial score (nSPS) is 16.4. The Kier molecular flexibility index (Phi) is 4.52. The molecule has 2 aliphatic rings. The van der Waals surface area contributed by atoms with Crippen LogP contribution in [0.3, 0.4) is 0 Å². The minimum atomic E-state index is -0.635. The molecule has 8 heteroatoms. The Morgan fingerprint density at radius 3 is 3.03 bits per heavy atom. The van der Waals surface area contributed by atoms with E-state index in [9.17, 15) is 14.0 Å². The Morgan fingerprint density at radius 2 is 2.17 bits per heavy atom. The quantitative estimate of drug-likeness (QED) is 0.659. The highest BCUT2D eigenvalue weighted by Crippen LogP contribution is 2.29. The molecule has 3 heterocycles. The topological polar surface area (TPSA) is 68.7 Å². The molecule has 0 spiro atoms. The summed E-state index contributed by atoms with van der Waals surface area (Å²) < 4.78 is 26.6. The molecular weight excluding hydrogens is 395 g/mol. The number of benzene rings is 2. The zero-order valence-corrected chi connectivity index (χ0v) is 16.2. The molecule has 0 saturated carbocycles. The standard InChI is InChI=1S/C21H17FN2O4S/c22-17-6-19-13(4-14(25)10-28-19)5-16(17)21(26)24-7-15(8-24)27-9-12-1-2-20-18(3-12)23-11-29-20/h1-3,5-6,11,15H,4,7-10H2. The number of thiazole rings is 1. The maximum absolute atomic E-state index is 14.4. The Labute approximate surface area is 169 Å². The highest BCUT2D eigenvalue weighted by Gasteiger charge is 2.34. The van der Waals surface area contributed by atoms with Crippen LogP contribution in [0.15, 0.2) is 35.8 Å². The van der Waals surface area contributed by atoms with Gasteiger partial charge in [-0.25, -0.2) is 9.37 Å². The van der Waals surface area contributed by atoms with Crippen molar-refractivity contribution in [1.82, 2.24) is 9.88 Å². The minimum Gasteiger partial charge on any atom is -0.485 e. The summed E-state index contributed by atoms with van der Waals surface area (Å²) in [6.45, 7) is 1.20. The molecule has 1 amide bonds. The number of hydrogen-bond donors (Lipinski definition) is 0. The molecule has 29 heavy (non-hydrogen) atoms. The second kappa shape index (κ2) is 7.20. The van der Waals surface area contributed by atoms with Gasteiger partial charge >= 0.3 is 0 Å². The van der Waals surface area contributed by atoms with Gasteiger partial charge in [-0.15, -0.1) is 11.3 Å². The Morgan fingerprint density at radius 1 is 1.31 bits per heavy atom. The van der Waals surface area contributed by atoms with Crippen LogP contribution in [0.2, 0.25) is 0 Å². The number of amides is 1. The smallest absolute Gasteiger partial charge is 0.257 e. The Bertz CT molecular complexity index is 1120. The van der Waals surface area contributed by atoms with E-state index in [1.54, 1.807) is 16.2 Å². The maximum atomic E-state index is 14.4. The van der Waals surface area contributed by atoms with Crippen molar-refractivity contribution < 1.29 is 23.5 Å². The number of hydrogen-bond acceptors (Lipinski definition) is 6. The molecule has 0 N–H and O–H groups in total. The van der Waals surface area contributed by atoms with Crippen LogP contribution in [0.1, 0.15) is 21.5 Å². The largest absolute Gasteiger partial charge is 0.485 e. The van der Waals surface area contributed by atoms with Crippen molar-refractivity contribution in [2.24, 2.45) is 0 Å². The van der Waals surface area contributed by atoms with E-state index in [2.05, 4.69) is 4.98 Å². The van der Waals surface area contributed by atoms with E-state index < -0.39 is 11.7 Å². The fourth-order valence-electron chi connectivity index (χ4n) is 3.54. The minimum absolute atomic E-state index is 0.0329. The van der Waals surface area contributed by atoms with Crippen LogP contribution in [0.4, 0.5) is 4.39 Å². The Balaban J connectivity index is 1.20. The van der Waals surface area contributed by atoms with Gasteiger partial charge in [-0.3, -0.25) is 9.59 Å². The SMILES string of the molecule is O=C1COc2cc(F)c(C(=O)N3CC(OCc4ccc5scnc5c4)C3)cc2C1. The second-order valence-electron chi connectivity index (χ2n) is 7.24. The van der Waals surface area contributed by atoms with Gasteiger partial charge in [0.25, 0.3) is 5.91 Å². The first kappa shape index (κ1) is 18.2. The van der Waals surface area contributed by atoms with Crippen LogP contribution in [0.25, 0.3) is 10.2 Å². The molecule has 2 aromatic carbocycles. The number of carbonyl (C=O) groups is 2. The summed E-state index contributed by atoms with van der Waals surface area (Å²) in [6, 6.07) is 8.65. The van der Waals surface area contributed by atoms with Crippen LogP contribution < -0.4 is 4.74 Å².